The van der Waals surface area contributed by atoms with E-state index >= 15 is 0 Å². The summed E-state index contributed by atoms with van der Waals surface area (Å²) in [5, 5.41) is 6.37. The van der Waals surface area contributed by atoms with E-state index in [9.17, 15) is 9.59 Å². The SMILES string of the molecule is Cc1ccc(Cl)cc1N1CC[C@@H](CNC(=O)NCCC(=O)N(C)C)C1. The van der Waals surface area contributed by atoms with E-state index in [0.29, 0.717) is 25.4 Å². The fourth-order valence-corrected chi connectivity index (χ4v) is 3.11. The van der Waals surface area contributed by atoms with Crippen LogP contribution < -0.4 is 15.5 Å². The van der Waals surface area contributed by atoms with Gasteiger partial charge in [-0.2, -0.15) is 0 Å². The largest absolute Gasteiger partial charge is 0.371 e. The molecule has 0 spiro atoms. The lowest BCUT2D eigenvalue weighted by atomic mass is 10.1. The first kappa shape index (κ1) is 19.4. The highest BCUT2D eigenvalue weighted by molar-refractivity contribution is 6.30. The van der Waals surface area contributed by atoms with Crippen molar-refractivity contribution in [3.63, 3.8) is 0 Å². The number of amides is 3. The predicted molar refractivity (Wildman–Crippen MR) is 101 cm³/mol. The molecule has 1 fully saturated rings. The maximum atomic E-state index is 11.8. The van der Waals surface area contributed by atoms with E-state index < -0.39 is 0 Å². The van der Waals surface area contributed by atoms with Crippen molar-refractivity contribution in [2.75, 3.05) is 45.2 Å². The van der Waals surface area contributed by atoms with E-state index in [-0.39, 0.29) is 11.9 Å². The third-order valence-corrected chi connectivity index (χ3v) is 4.71. The summed E-state index contributed by atoms with van der Waals surface area (Å²) in [6.07, 6.45) is 1.34. The number of carbonyl (C=O) groups is 2. The summed E-state index contributed by atoms with van der Waals surface area (Å²) in [6.45, 7) is 4.93. The maximum absolute atomic E-state index is 11.8. The van der Waals surface area contributed by atoms with Gasteiger partial charge in [-0.3, -0.25) is 4.79 Å². The Bertz CT molecular complexity index is 621. The molecule has 6 nitrogen and oxygen atoms in total. The van der Waals surface area contributed by atoms with E-state index in [4.69, 9.17) is 11.6 Å². The first-order chi connectivity index (χ1) is 11.9. The number of hydrogen-bond donors (Lipinski definition) is 2. The highest BCUT2D eigenvalue weighted by Crippen LogP contribution is 2.29. The second-order valence-electron chi connectivity index (χ2n) is 6.71. The molecular formula is C18H27ClN4O2. The number of carbonyl (C=O) groups excluding carboxylic acids is 2. The summed E-state index contributed by atoms with van der Waals surface area (Å²) in [7, 11) is 3.41. The zero-order valence-electron chi connectivity index (χ0n) is 15.1. The minimum Gasteiger partial charge on any atom is -0.371 e. The van der Waals surface area contributed by atoms with Crippen LogP contribution >= 0.6 is 11.6 Å². The number of anilines is 1. The predicted octanol–water partition coefficient (Wildman–Crippen LogP) is 2.25. The molecule has 3 amide bonds. The monoisotopic (exact) mass is 366 g/mol. The molecule has 7 heteroatoms. The Kier molecular flexibility index (Phi) is 6.93. The number of benzene rings is 1. The van der Waals surface area contributed by atoms with Gasteiger partial charge in [0.25, 0.3) is 0 Å². The molecule has 1 aliphatic heterocycles. The third-order valence-electron chi connectivity index (χ3n) is 4.47. The Morgan fingerprint density at radius 3 is 2.80 bits per heavy atom. The summed E-state index contributed by atoms with van der Waals surface area (Å²) in [5.74, 6) is 0.413. The summed E-state index contributed by atoms with van der Waals surface area (Å²) in [4.78, 5) is 27.1. The Morgan fingerprint density at radius 2 is 2.08 bits per heavy atom. The Hall–Kier alpha value is -1.95. The first-order valence-corrected chi connectivity index (χ1v) is 8.97. The van der Waals surface area contributed by atoms with Crippen molar-refractivity contribution in [3.05, 3.63) is 28.8 Å². The van der Waals surface area contributed by atoms with Crippen molar-refractivity contribution in [2.45, 2.75) is 19.8 Å². The van der Waals surface area contributed by atoms with Crippen molar-refractivity contribution in [1.82, 2.24) is 15.5 Å². The molecule has 1 heterocycles. The quantitative estimate of drug-likeness (QED) is 0.811. The van der Waals surface area contributed by atoms with Crippen LogP contribution in [0.3, 0.4) is 0 Å². The highest BCUT2D eigenvalue weighted by Gasteiger charge is 2.24. The molecule has 2 rings (SSSR count). The molecule has 0 bridgehead atoms. The molecule has 1 atom stereocenters. The average Bonchev–Trinajstić information content (AvgIpc) is 3.03. The number of aryl methyl sites for hydroxylation is 1. The molecule has 1 aliphatic rings. The van der Waals surface area contributed by atoms with E-state index in [0.717, 1.165) is 24.5 Å². The second-order valence-corrected chi connectivity index (χ2v) is 7.14. The van der Waals surface area contributed by atoms with Gasteiger partial charge in [-0.15, -0.1) is 0 Å². The van der Waals surface area contributed by atoms with Crippen LogP contribution in [0.15, 0.2) is 18.2 Å². The molecule has 2 N–H and O–H groups in total. The molecule has 138 valence electrons. The van der Waals surface area contributed by atoms with Gasteiger partial charge < -0.3 is 20.4 Å². The molecule has 0 aliphatic carbocycles. The van der Waals surface area contributed by atoms with Crippen LogP contribution in [-0.2, 0) is 4.79 Å². The lowest BCUT2D eigenvalue weighted by molar-refractivity contribution is -0.128. The number of halogens is 1. The number of urea groups is 1. The topological polar surface area (TPSA) is 64.7 Å². The van der Waals surface area contributed by atoms with Gasteiger partial charge in [0.1, 0.15) is 0 Å². The van der Waals surface area contributed by atoms with Gasteiger partial charge in [0.15, 0.2) is 0 Å². The number of nitrogens with zero attached hydrogens (tertiary/aromatic N) is 2. The van der Waals surface area contributed by atoms with Crippen LogP contribution in [0.25, 0.3) is 0 Å². The minimum atomic E-state index is -0.219. The Labute approximate surface area is 154 Å². The maximum Gasteiger partial charge on any atom is 0.314 e. The van der Waals surface area contributed by atoms with Gasteiger partial charge in [0, 0.05) is 57.4 Å². The van der Waals surface area contributed by atoms with Crippen LogP contribution in [0.2, 0.25) is 5.02 Å². The summed E-state index contributed by atoms with van der Waals surface area (Å²) < 4.78 is 0. The van der Waals surface area contributed by atoms with Gasteiger partial charge in [-0.1, -0.05) is 17.7 Å². The average molecular weight is 367 g/mol. The fraction of sp³-hybridized carbons (Fsp3) is 0.556. The van der Waals surface area contributed by atoms with Crippen LogP contribution in [0.1, 0.15) is 18.4 Å². The number of hydrogen-bond acceptors (Lipinski definition) is 3. The molecular weight excluding hydrogens is 340 g/mol. The normalized spacial score (nSPS) is 16.6. The van der Waals surface area contributed by atoms with Crippen molar-refractivity contribution < 1.29 is 9.59 Å². The number of nitrogens with one attached hydrogen (secondary N) is 2. The molecule has 0 unspecified atom stereocenters. The van der Waals surface area contributed by atoms with Crippen molar-refractivity contribution >= 4 is 29.2 Å². The Balaban J connectivity index is 1.71. The Morgan fingerprint density at radius 1 is 1.32 bits per heavy atom. The van der Waals surface area contributed by atoms with Crippen LogP contribution in [0.4, 0.5) is 10.5 Å². The molecule has 1 saturated heterocycles. The van der Waals surface area contributed by atoms with Gasteiger partial charge in [-0.25, -0.2) is 4.79 Å². The van der Waals surface area contributed by atoms with E-state index in [1.807, 2.05) is 18.2 Å². The second kappa shape index (κ2) is 8.94. The van der Waals surface area contributed by atoms with Crippen LogP contribution in [-0.4, -0.2) is 57.1 Å². The van der Waals surface area contributed by atoms with Gasteiger partial charge >= 0.3 is 6.03 Å². The van der Waals surface area contributed by atoms with Gasteiger partial charge in [0.2, 0.25) is 5.91 Å². The summed E-state index contributed by atoms with van der Waals surface area (Å²) >= 11 is 6.11. The molecule has 0 radical (unpaired) electrons. The standard InChI is InChI=1S/C18H27ClN4O2/c1-13-4-5-15(19)10-16(13)23-9-7-14(12-23)11-21-18(25)20-8-6-17(24)22(2)3/h4-5,10,14H,6-9,11-12H2,1-3H3,(H2,20,21,25)/t14-/m0/s1. The molecule has 0 aromatic heterocycles. The van der Waals surface area contributed by atoms with Crippen molar-refractivity contribution in [1.29, 1.82) is 0 Å². The zero-order chi connectivity index (χ0) is 18.4. The van der Waals surface area contributed by atoms with Crippen molar-refractivity contribution in [3.8, 4) is 0 Å². The lowest BCUT2D eigenvalue weighted by Crippen LogP contribution is -2.40. The first-order valence-electron chi connectivity index (χ1n) is 8.59. The van der Waals surface area contributed by atoms with E-state index in [1.54, 1.807) is 14.1 Å². The molecule has 25 heavy (non-hydrogen) atoms. The lowest BCUT2D eigenvalue weighted by Gasteiger charge is -2.21. The van der Waals surface area contributed by atoms with Gasteiger partial charge in [0.05, 0.1) is 0 Å². The highest BCUT2D eigenvalue weighted by atomic mass is 35.5. The fourth-order valence-electron chi connectivity index (χ4n) is 2.95. The van der Waals surface area contributed by atoms with Gasteiger partial charge in [-0.05, 0) is 37.0 Å². The zero-order valence-corrected chi connectivity index (χ0v) is 15.9. The summed E-state index contributed by atoms with van der Waals surface area (Å²) in [6, 6.07) is 5.72. The van der Waals surface area contributed by atoms with Crippen molar-refractivity contribution in [2.24, 2.45) is 5.92 Å². The van der Waals surface area contributed by atoms with Crippen LogP contribution in [0.5, 0.6) is 0 Å². The summed E-state index contributed by atoms with van der Waals surface area (Å²) in [5.41, 5.74) is 2.38. The van der Waals surface area contributed by atoms with Crippen LogP contribution in [0, 0.1) is 12.8 Å². The van der Waals surface area contributed by atoms with E-state index in [2.05, 4.69) is 22.5 Å². The molecule has 1 aromatic carbocycles. The number of rotatable bonds is 6. The molecule has 0 saturated carbocycles. The minimum absolute atomic E-state index is 0.00336. The van der Waals surface area contributed by atoms with E-state index in [1.165, 1.54) is 16.2 Å². The smallest absolute Gasteiger partial charge is 0.314 e. The molecule has 1 aromatic rings. The third kappa shape index (κ3) is 5.81.